The van der Waals surface area contributed by atoms with Gasteiger partial charge in [0.05, 0.1) is 11.5 Å². The summed E-state index contributed by atoms with van der Waals surface area (Å²) >= 11 is 0. The van der Waals surface area contributed by atoms with Crippen molar-refractivity contribution in [2.45, 2.75) is 26.8 Å². The Kier molecular flexibility index (Phi) is 2.75. The Hall–Kier alpha value is -1.57. The van der Waals surface area contributed by atoms with Crippen molar-refractivity contribution < 1.29 is 0 Å². The molecular weight excluding hydrogens is 180 g/mol. The number of hydrogen-bond donors (Lipinski definition) is 0. The maximum Gasteiger partial charge on any atom is 0.345 e. The standard InChI is InChI=1S/C9H14N4O/c1-9(2,6-10)4-5-13-8(14)12(3)7-11-13/h7H,4-5H2,1-3H3. The Morgan fingerprint density at radius 3 is 2.71 bits per heavy atom. The van der Waals surface area contributed by atoms with Crippen LogP contribution in [0.3, 0.4) is 0 Å². The van der Waals surface area contributed by atoms with Crippen molar-refractivity contribution in [3.05, 3.63) is 16.8 Å². The van der Waals surface area contributed by atoms with Gasteiger partial charge in [0, 0.05) is 13.6 Å². The molecule has 0 fully saturated rings. The second kappa shape index (κ2) is 3.66. The van der Waals surface area contributed by atoms with Gasteiger partial charge in [-0.05, 0) is 20.3 Å². The van der Waals surface area contributed by atoms with Crippen LogP contribution in [0.4, 0.5) is 0 Å². The second-order valence-corrected chi connectivity index (χ2v) is 3.99. The molecule has 14 heavy (non-hydrogen) atoms. The highest BCUT2D eigenvalue weighted by Gasteiger charge is 2.17. The van der Waals surface area contributed by atoms with Gasteiger partial charge in [-0.15, -0.1) is 0 Å². The zero-order valence-corrected chi connectivity index (χ0v) is 8.69. The molecule has 0 amide bonds. The molecule has 0 aliphatic heterocycles. The van der Waals surface area contributed by atoms with Crippen molar-refractivity contribution in [2.75, 3.05) is 0 Å². The van der Waals surface area contributed by atoms with E-state index in [0.717, 1.165) is 0 Å². The van der Waals surface area contributed by atoms with Crippen LogP contribution in [-0.4, -0.2) is 14.3 Å². The molecule has 0 saturated heterocycles. The highest BCUT2D eigenvalue weighted by atomic mass is 16.2. The third-order valence-corrected chi connectivity index (χ3v) is 2.14. The fraction of sp³-hybridized carbons (Fsp3) is 0.667. The quantitative estimate of drug-likeness (QED) is 0.704. The predicted octanol–water partition coefficient (Wildman–Crippen LogP) is 0.522. The molecular formula is C9H14N4O. The fourth-order valence-corrected chi connectivity index (χ4v) is 1.02. The molecule has 1 heterocycles. The van der Waals surface area contributed by atoms with Crippen LogP contribution in [0, 0.1) is 16.7 Å². The Labute approximate surface area is 82.6 Å². The van der Waals surface area contributed by atoms with Gasteiger partial charge in [-0.2, -0.15) is 10.4 Å². The summed E-state index contributed by atoms with van der Waals surface area (Å²) in [6.45, 7) is 4.18. The lowest BCUT2D eigenvalue weighted by Crippen LogP contribution is -2.25. The Morgan fingerprint density at radius 2 is 2.29 bits per heavy atom. The van der Waals surface area contributed by atoms with Crippen LogP contribution in [0.15, 0.2) is 11.1 Å². The summed E-state index contributed by atoms with van der Waals surface area (Å²) in [7, 11) is 1.65. The van der Waals surface area contributed by atoms with E-state index < -0.39 is 5.41 Å². The molecule has 1 aromatic heterocycles. The van der Waals surface area contributed by atoms with Crippen molar-refractivity contribution in [3.8, 4) is 6.07 Å². The maximum atomic E-state index is 11.4. The minimum atomic E-state index is -0.406. The van der Waals surface area contributed by atoms with Crippen LogP contribution in [0.25, 0.3) is 0 Å². The Bertz CT molecular complexity index is 407. The number of rotatable bonds is 3. The van der Waals surface area contributed by atoms with Crippen molar-refractivity contribution in [1.82, 2.24) is 14.3 Å². The first kappa shape index (κ1) is 10.5. The third kappa shape index (κ3) is 2.22. The fourth-order valence-electron chi connectivity index (χ4n) is 1.02. The van der Waals surface area contributed by atoms with Crippen LogP contribution < -0.4 is 5.69 Å². The van der Waals surface area contributed by atoms with E-state index in [1.807, 2.05) is 13.8 Å². The molecule has 0 bridgehead atoms. The summed E-state index contributed by atoms with van der Waals surface area (Å²) in [5.41, 5.74) is -0.546. The molecule has 0 aliphatic rings. The monoisotopic (exact) mass is 194 g/mol. The van der Waals surface area contributed by atoms with Gasteiger partial charge in [0.1, 0.15) is 6.33 Å². The zero-order chi connectivity index (χ0) is 10.8. The van der Waals surface area contributed by atoms with E-state index in [1.165, 1.54) is 15.6 Å². The molecule has 1 rings (SSSR count). The molecule has 0 saturated carbocycles. The van der Waals surface area contributed by atoms with E-state index in [4.69, 9.17) is 5.26 Å². The van der Waals surface area contributed by atoms with Crippen LogP contribution in [-0.2, 0) is 13.6 Å². The van der Waals surface area contributed by atoms with Crippen LogP contribution in [0.5, 0.6) is 0 Å². The number of aromatic nitrogens is 3. The van der Waals surface area contributed by atoms with Gasteiger partial charge in [0.15, 0.2) is 0 Å². The lowest BCUT2D eigenvalue weighted by Gasteiger charge is -2.13. The van der Waals surface area contributed by atoms with E-state index in [1.54, 1.807) is 7.05 Å². The molecule has 0 unspecified atom stereocenters. The van der Waals surface area contributed by atoms with Crippen molar-refractivity contribution in [2.24, 2.45) is 12.5 Å². The minimum Gasteiger partial charge on any atom is -0.285 e. The van der Waals surface area contributed by atoms with Crippen molar-refractivity contribution in [1.29, 1.82) is 5.26 Å². The summed E-state index contributed by atoms with van der Waals surface area (Å²) in [6.07, 6.45) is 2.10. The highest BCUT2D eigenvalue weighted by Crippen LogP contribution is 2.18. The van der Waals surface area contributed by atoms with Crippen molar-refractivity contribution in [3.63, 3.8) is 0 Å². The van der Waals surface area contributed by atoms with Gasteiger partial charge >= 0.3 is 5.69 Å². The molecule has 76 valence electrons. The van der Waals surface area contributed by atoms with E-state index >= 15 is 0 Å². The summed E-state index contributed by atoms with van der Waals surface area (Å²) < 4.78 is 2.79. The van der Waals surface area contributed by atoms with Gasteiger partial charge in [-0.1, -0.05) is 0 Å². The molecule has 1 aromatic rings. The van der Waals surface area contributed by atoms with E-state index in [-0.39, 0.29) is 5.69 Å². The van der Waals surface area contributed by atoms with Gasteiger partial charge < -0.3 is 0 Å². The van der Waals surface area contributed by atoms with E-state index in [9.17, 15) is 4.79 Å². The summed E-state index contributed by atoms with van der Waals surface area (Å²) in [4.78, 5) is 11.4. The molecule has 0 atom stereocenters. The van der Waals surface area contributed by atoms with Gasteiger partial charge in [0.25, 0.3) is 0 Å². The number of nitriles is 1. The van der Waals surface area contributed by atoms with E-state index in [2.05, 4.69) is 11.2 Å². The SMILES string of the molecule is Cn1cnn(CCC(C)(C)C#N)c1=O. The predicted molar refractivity (Wildman–Crippen MR) is 51.5 cm³/mol. The normalized spacial score (nSPS) is 11.3. The minimum absolute atomic E-state index is 0.140. The van der Waals surface area contributed by atoms with E-state index in [0.29, 0.717) is 13.0 Å². The van der Waals surface area contributed by atoms with Crippen LogP contribution >= 0.6 is 0 Å². The Balaban J connectivity index is 2.69. The first-order chi connectivity index (χ1) is 6.46. The third-order valence-electron chi connectivity index (χ3n) is 2.14. The molecule has 5 nitrogen and oxygen atoms in total. The number of hydrogen-bond acceptors (Lipinski definition) is 3. The molecule has 0 spiro atoms. The lowest BCUT2D eigenvalue weighted by atomic mass is 9.92. The Morgan fingerprint density at radius 1 is 1.64 bits per heavy atom. The first-order valence-corrected chi connectivity index (χ1v) is 4.46. The summed E-state index contributed by atoms with van der Waals surface area (Å²) in [6, 6.07) is 2.19. The molecule has 0 radical (unpaired) electrons. The smallest absolute Gasteiger partial charge is 0.285 e. The molecule has 0 aromatic carbocycles. The molecule has 0 N–H and O–H groups in total. The van der Waals surface area contributed by atoms with Gasteiger partial charge in [-0.3, -0.25) is 4.57 Å². The second-order valence-electron chi connectivity index (χ2n) is 3.99. The average molecular weight is 194 g/mol. The summed E-state index contributed by atoms with van der Waals surface area (Å²) in [5, 5.41) is 12.7. The molecule has 0 aliphatic carbocycles. The number of aryl methyl sites for hydroxylation is 2. The topological polar surface area (TPSA) is 63.6 Å². The zero-order valence-electron chi connectivity index (χ0n) is 8.69. The summed E-state index contributed by atoms with van der Waals surface area (Å²) in [5.74, 6) is 0. The lowest BCUT2D eigenvalue weighted by molar-refractivity contribution is 0.393. The van der Waals surface area contributed by atoms with Gasteiger partial charge in [-0.25, -0.2) is 9.48 Å². The van der Waals surface area contributed by atoms with Crippen molar-refractivity contribution >= 4 is 0 Å². The van der Waals surface area contributed by atoms with Crippen LogP contribution in [0.2, 0.25) is 0 Å². The highest BCUT2D eigenvalue weighted by molar-refractivity contribution is 4.91. The first-order valence-electron chi connectivity index (χ1n) is 4.46. The number of nitrogens with zero attached hydrogens (tertiary/aromatic N) is 4. The van der Waals surface area contributed by atoms with Crippen LogP contribution in [0.1, 0.15) is 20.3 Å². The van der Waals surface area contributed by atoms with Gasteiger partial charge in [0.2, 0.25) is 0 Å². The molecule has 5 heteroatoms. The largest absolute Gasteiger partial charge is 0.345 e. The average Bonchev–Trinajstić information content (AvgIpc) is 2.45. The maximum absolute atomic E-state index is 11.4.